The Morgan fingerprint density at radius 1 is 1.21 bits per heavy atom. The number of fused-ring (bicyclic) bond motifs is 5. The molecule has 0 radical (unpaired) electrons. The molecule has 0 amide bonds. The number of aromatic nitrogens is 2. The highest BCUT2D eigenvalue weighted by Gasteiger charge is 2.26. The van der Waals surface area contributed by atoms with E-state index in [-0.39, 0.29) is 0 Å². The van der Waals surface area contributed by atoms with Crippen molar-refractivity contribution < 1.29 is 15.0 Å². The van der Waals surface area contributed by atoms with Crippen LogP contribution in [-0.4, -0.2) is 25.7 Å². The molecule has 1 aliphatic rings. The molecule has 0 atom stereocenters. The molecule has 0 saturated carbocycles. The van der Waals surface area contributed by atoms with Gasteiger partial charge >= 0.3 is 5.97 Å². The first kappa shape index (κ1) is 14.6. The Hall–Kier alpha value is -3.02. The number of hydrogen-bond donors (Lipinski definition) is 3. The number of benzene rings is 1. The lowest BCUT2D eigenvalue weighted by atomic mass is 9.98. The molecule has 0 spiro atoms. The molecule has 122 valence electrons. The van der Waals surface area contributed by atoms with Crippen molar-refractivity contribution in [3.63, 3.8) is 0 Å². The minimum atomic E-state index is -1.42. The molecule has 0 saturated heterocycles. The number of aromatic carboxylic acids is 1. The maximum atomic E-state index is 12.2. The molecule has 6 heteroatoms. The molecule has 0 bridgehead atoms. The molecule has 6 nitrogen and oxygen atoms in total. The van der Waals surface area contributed by atoms with E-state index in [0.717, 1.165) is 34.9 Å². The van der Waals surface area contributed by atoms with Gasteiger partial charge in [0.05, 0.1) is 11.2 Å². The van der Waals surface area contributed by atoms with Gasteiger partial charge in [-0.1, -0.05) is 12.1 Å². The van der Waals surface area contributed by atoms with Gasteiger partial charge in [-0.15, -0.1) is 0 Å². The van der Waals surface area contributed by atoms with Gasteiger partial charge < -0.3 is 19.8 Å². The average molecular weight is 324 g/mol. The van der Waals surface area contributed by atoms with Gasteiger partial charge in [0.15, 0.2) is 5.56 Å². The van der Waals surface area contributed by atoms with Gasteiger partial charge in [-0.2, -0.15) is 0 Å². The van der Waals surface area contributed by atoms with Crippen molar-refractivity contribution in [2.45, 2.75) is 19.3 Å². The van der Waals surface area contributed by atoms with E-state index in [1.54, 1.807) is 0 Å². The van der Waals surface area contributed by atoms with Crippen molar-refractivity contribution in [1.82, 2.24) is 9.55 Å². The van der Waals surface area contributed by atoms with Crippen LogP contribution in [0, 0.1) is 0 Å². The molecule has 24 heavy (non-hydrogen) atoms. The SMILES string of the molecule is Cn1ccc2ccc3c(c21)CCCc1c-3[nH]c(=O)c(C(=O)O)c1O. The van der Waals surface area contributed by atoms with E-state index in [4.69, 9.17) is 0 Å². The quantitative estimate of drug-likeness (QED) is 0.640. The standard InChI is InChI=1S/C18H16N2O4/c1-20-8-7-9-5-6-10-11(15(9)20)3-2-4-12-14(10)19-17(22)13(16(12)21)18(23)24/h5-8H,2-4H2,1H3,(H,23,24)(H2,19,21,22). The van der Waals surface area contributed by atoms with E-state index >= 15 is 0 Å². The van der Waals surface area contributed by atoms with Crippen LogP contribution in [0.3, 0.4) is 0 Å². The molecule has 1 aliphatic carbocycles. The largest absolute Gasteiger partial charge is 0.506 e. The average Bonchev–Trinajstić information content (AvgIpc) is 2.80. The predicted octanol–water partition coefficient (Wildman–Crippen LogP) is 2.43. The second-order valence-electron chi connectivity index (χ2n) is 6.15. The smallest absolute Gasteiger partial charge is 0.345 e. The minimum Gasteiger partial charge on any atom is -0.506 e. The predicted molar refractivity (Wildman–Crippen MR) is 89.6 cm³/mol. The lowest BCUT2D eigenvalue weighted by Crippen LogP contribution is -2.20. The molecule has 0 fully saturated rings. The van der Waals surface area contributed by atoms with Crippen LogP contribution in [-0.2, 0) is 19.9 Å². The number of aromatic hydroxyl groups is 1. The van der Waals surface area contributed by atoms with Crippen LogP contribution in [0.2, 0.25) is 0 Å². The van der Waals surface area contributed by atoms with Crippen LogP contribution in [0.4, 0.5) is 0 Å². The summed E-state index contributed by atoms with van der Waals surface area (Å²) in [6.07, 6.45) is 4.06. The van der Waals surface area contributed by atoms with Gasteiger partial charge in [0.1, 0.15) is 5.75 Å². The van der Waals surface area contributed by atoms with Crippen LogP contribution < -0.4 is 5.56 Å². The number of carboxylic acids is 1. The topological polar surface area (TPSA) is 95.3 Å². The van der Waals surface area contributed by atoms with Crippen molar-refractivity contribution in [3.8, 4) is 17.0 Å². The second kappa shape index (κ2) is 4.99. The summed E-state index contributed by atoms with van der Waals surface area (Å²) in [6, 6.07) is 5.94. The summed E-state index contributed by atoms with van der Waals surface area (Å²) in [5.41, 5.74) is 2.72. The zero-order valence-electron chi connectivity index (χ0n) is 13.1. The zero-order chi connectivity index (χ0) is 17.0. The van der Waals surface area contributed by atoms with Gasteiger partial charge in [-0.05, 0) is 36.3 Å². The first-order chi connectivity index (χ1) is 11.5. The highest BCUT2D eigenvalue weighted by atomic mass is 16.4. The fraction of sp³-hybridized carbons (Fsp3) is 0.222. The Labute approximate surface area is 137 Å². The molecule has 0 unspecified atom stereocenters. The second-order valence-corrected chi connectivity index (χ2v) is 6.15. The molecule has 3 N–H and O–H groups in total. The number of H-pyrrole nitrogens is 1. The lowest BCUT2D eigenvalue weighted by Gasteiger charge is -2.13. The Balaban J connectivity index is 2.10. The number of nitrogens with one attached hydrogen (secondary N) is 1. The number of rotatable bonds is 1. The first-order valence-electron chi connectivity index (χ1n) is 7.77. The Kier molecular flexibility index (Phi) is 3.03. The molecule has 0 aliphatic heterocycles. The summed E-state index contributed by atoms with van der Waals surface area (Å²) in [7, 11) is 1.97. The maximum Gasteiger partial charge on any atom is 0.345 e. The van der Waals surface area contributed by atoms with Crippen molar-refractivity contribution in [2.75, 3.05) is 0 Å². The van der Waals surface area contributed by atoms with E-state index < -0.39 is 22.8 Å². The third-order valence-electron chi connectivity index (χ3n) is 4.77. The molecular weight excluding hydrogens is 308 g/mol. The van der Waals surface area contributed by atoms with E-state index in [1.807, 2.05) is 36.0 Å². The van der Waals surface area contributed by atoms with Crippen molar-refractivity contribution in [3.05, 3.63) is 51.4 Å². The molecule has 2 aromatic heterocycles. The summed E-state index contributed by atoms with van der Waals surface area (Å²) in [6.45, 7) is 0. The Morgan fingerprint density at radius 3 is 2.71 bits per heavy atom. The van der Waals surface area contributed by atoms with E-state index in [9.17, 15) is 19.8 Å². The summed E-state index contributed by atoms with van der Waals surface area (Å²) in [5.74, 6) is -1.83. The van der Waals surface area contributed by atoms with Crippen molar-refractivity contribution in [2.24, 2.45) is 7.05 Å². The van der Waals surface area contributed by atoms with E-state index in [2.05, 4.69) is 4.98 Å². The number of carbonyl (C=O) groups is 1. The van der Waals surface area contributed by atoms with Crippen molar-refractivity contribution >= 4 is 16.9 Å². The molecule has 2 heterocycles. The number of aromatic amines is 1. The fourth-order valence-corrected chi connectivity index (χ4v) is 3.70. The molecule has 4 rings (SSSR count). The summed E-state index contributed by atoms with van der Waals surface area (Å²) >= 11 is 0. The molecule has 1 aromatic carbocycles. The Bertz CT molecular complexity index is 1060. The van der Waals surface area contributed by atoms with Crippen LogP contribution >= 0.6 is 0 Å². The highest BCUT2D eigenvalue weighted by molar-refractivity contribution is 5.94. The van der Waals surface area contributed by atoms with E-state index in [0.29, 0.717) is 17.7 Å². The van der Waals surface area contributed by atoms with Crippen LogP contribution in [0.15, 0.2) is 29.2 Å². The number of pyridine rings is 1. The van der Waals surface area contributed by atoms with Gasteiger partial charge in [-0.3, -0.25) is 4.79 Å². The normalized spacial score (nSPS) is 13.4. The van der Waals surface area contributed by atoms with Gasteiger partial charge in [0.2, 0.25) is 0 Å². The summed E-state index contributed by atoms with van der Waals surface area (Å²) in [5, 5.41) is 20.7. The number of aryl methyl sites for hydroxylation is 2. The minimum absolute atomic E-state index is 0.416. The van der Waals surface area contributed by atoms with Crippen LogP contribution in [0.25, 0.3) is 22.2 Å². The number of hydrogen-bond acceptors (Lipinski definition) is 3. The number of carboxylic acid groups (broad SMARTS) is 1. The monoisotopic (exact) mass is 324 g/mol. The third-order valence-corrected chi connectivity index (χ3v) is 4.77. The first-order valence-corrected chi connectivity index (χ1v) is 7.77. The third kappa shape index (κ3) is 1.89. The van der Waals surface area contributed by atoms with Crippen molar-refractivity contribution in [1.29, 1.82) is 0 Å². The summed E-state index contributed by atoms with van der Waals surface area (Å²) < 4.78 is 2.04. The number of nitrogens with zero attached hydrogens (tertiary/aromatic N) is 1. The van der Waals surface area contributed by atoms with Gasteiger partial charge in [0, 0.05) is 24.4 Å². The molecule has 3 aromatic rings. The van der Waals surface area contributed by atoms with Gasteiger partial charge in [0.25, 0.3) is 5.56 Å². The highest BCUT2D eigenvalue weighted by Crippen LogP contribution is 2.38. The Morgan fingerprint density at radius 2 is 1.96 bits per heavy atom. The van der Waals surface area contributed by atoms with E-state index in [1.165, 1.54) is 0 Å². The maximum absolute atomic E-state index is 12.2. The van der Waals surface area contributed by atoms with Crippen LogP contribution in [0.5, 0.6) is 5.75 Å². The van der Waals surface area contributed by atoms with Gasteiger partial charge in [-0.25, -0.2) is 4.79 Å². The summed E-state index contributed by atoms with van der Waals surface area (Å²) in [4.78, 5) is 26.1. The fourth-order valence-electron chi connectivity index (χ4n) is 3.70. The zero-order valence-corrected chi connectivity index (χ0v) is 13.1. The lowest BCUT2D eigenvalue weighted by molar-refractivity contribution is 0.0691. The van der Waals surface area contributed by atoms with Crippen LogP contribution in [0.1, 0.15) is 27.9 Å². The molecular formula is C18H16N2O4.